The predicted octanol–water partition coefficient (Wildman–Crippen LogP) is 0.866. The maximum atomic E-state index is 9.77. The molecule has 3 nitrogen and oxygen atoms in total. The van der Waals surface area contributed by atoms with Crippen molar-refractivity contribution < 1.29 is 9.84 Å². The molecule has 1 saturated carbocycles. The zero-order valence-electron chi connectivity index (χ0n) is 9.15. The summed E-state index contributed by atoms with van der Waals surface area (Å²) in [7, 11) is 1.79. The summed E-state index contributed by atoms with van der Waals surface area (Å²) >= 11 is 0. The lowest BCUT2D eigenvalue weighted by molar-refractivity contribution is -0.0615. The number of hydrogen-bond acceptors (Lipinski definition) is 3. The summed E-state index contributed by atoms with van der Waals surface area (Å²) in [5.41, 5.74) is 0. The maximum Gasteiger partial charge on any atom is 0.0693 e. The van der Waals surface area contributed by atoms with Gasteiger partial charge in [-0.05, 0) is 31.7 Å². The molecule has 1 N–H and O–H groups in total. The van der Waals surface area contributed by atoms with E-state index >= 15 is 0 Å². The first-order valence-corrected chi connectivity index (χ1v) is 5.65. The Hall–Kier alpha value is -0.120. The van der Waals surface area contributed by atoms with Crippen LogP contribution < -0.4 is 0 Å². The van der Waals surface area contributed by atoms with E-state index in [0.717, 1.165) is 32.4 Å². The molecule has 1 heterocycles. The summed E-state index contributed by atoms with van der Waals surface area (Å²) in [6.45, 7) is 4.16. The van der Waals surface area contributed by atoms with Gasteiger partial charge >= 0.3 is 0 Å². The summed E-state index contributed by atoms with van der Waals surface area (Å²) in [6, 6.07) is 0.669. The summed E-state index contributed by atoms with van der Waals surface area (Å²) in [5, 5.41) is 9.77. The van der Waals surface area contributed by atoms with Gasteiger partial charge in [-0.15, -0.1) is 0 Å². The van der Waals surface area contributed by atoms with E-state index in [1.807, 2.05) is 0 Å². The van der Waals surface area contributed by atoms with E-state index in [0.29, 0.717) is 18.1 Å². The highest BCUT2D eigenvalue weighted by atomic mass is 16.5. The van der Waals surface area contributed by atoms with Crippen molar-refractivity contribution in [2.45, 2.75) is 44.4 Å². The molecule has 0 radical (unpaired) electrons. The Kier molecular flexibility index (Phi) is 3.10. The van der Waals surface area contributed by atoms with Crippen LogP contribution in [0, 0.1) is 5.92 Å². The van der Waals surface area contributed by atoms with Gasteiger partial charge in [-0.1, -0.05) is 6.92 Å². The molecule has 82 valence electrons. The SMILES string of the molecule is COC1CC(N2CC[C@H](C)[C@@H](O)C2)C1. The second-order valence-electron chi connectivity index (χ2n) is 4.81. The Bertz CT molecular complexity index is 192. The Morgan fingerprint density at radius 2 is 2.07 bits per heavy atom. The predicted molar refractivity (Wildman–Crippen MR) is 55.2 cm³/mol. The average molecular weight is 199 g/mol. The number of nitrogens with zero attached hydrogens (tertiary/aromatic N) is 1. The summed E-state index contributed by atoms with van der Waals surface area (Å²) in [5.74, 6) is 0.476. The number of rotatable bonds is 2. The Morgan fingerprint density at radius 1 is 1.36 bits per heavy atom. The molecule has 0 unspecified atom stereocenters. The second-order valence-corrected chi connectivity index (χ2v) is 4.81. The van der Waals surface area contributed by atoms with E-state index in [4.69, 9.17) is 4.74 Å². The second kappa shape index (κ2) is 4.17. The topological polar surface area (TPSA) is 32.7 Å². The molecule has 0 spiro atoms. The summed E-state index contributed by atoms with van der Waals surface area (Å²) < 4.78 is 5.27. The van der Waals surface area contributed by atoms with Crippen molar-refractivity contribution in [3.05, 3.63) is 0 Å². The number of likely N-dealkylation sites (tertiary alicyclic amines) is 1. The van der Waals surface area contributed by atoms with Crippen LogP contribution in [0.4, 0.5) is 0 Å². The third-order valence-corrected chi connectivity index (χ3v) is 3.87. The van der Waals surface area contributed by atoms with E-state index < -0.39 is 0 Å². The highest BCUT2D eigenvalue weighted by molar-refractivity contribution is 4.91. The largest absolute Gasteiger partial charge is 0.392 e. The van der Waals surface area contributed by atoms with Crippen LogP contribution in [0.3, 0.4) is 0 Å². The fourth-order valence-electron chi connectivity index (χ4n) is 2.43. The van der Waals surface area contributed by atoms with Gasteiger partial charge in [0.15, 0.2) is 0 Å². The molecule has 2 rings (SSSR count). The monoisotopic (exact) mass is 199 g/mol. The standard InChI is InChI=1S/C11H21NO2/c1-8-3-4-12(7-11(8)13)9-5-10(6-9)14-2/h8-11,13H,3-7H2,1-2H3/t8-,9?,10?,11-/m0/s1. The zero-order chi connectivity index (χ0) is 10.1. The fourth-order valence-corrected chi connectivity index (χ4v) is 2.43. The molecule has 2 atom stereocenters. The summed E-state index contributed by atoms with van der Waals surface area (Å²) in [6.07, 6.45) is 3.78. The van der Waals surface area contributed by atoms with Gasteiger partial charge in [0.1, 0.15) is 0 Å². The molecule has 0 amide bonds. The van der Waals surface area contributed by atoms with Crippen LogP contribution in [0.1, 0.15) is 26.2 Å². The number of methoxy groups -OCH3 is 1. The molecule has 2 fully saturated rings. The van der Waals surface area contributed by atoms with E-state index in [1.165, 1.54) is 0 Å². The van der Waals surface area contributed by atoms with Crippen molar-refractivity contribution >= 4 is 0 Å². The lowest BCUT2D eigenvalue weighted by atomic mass is 9.85. The van der Waals surface area contributed by atoms with Crippen LogP contribution in [-0.4, -0.2) is 48.5 Å². The minimum absolute atomic E-state index is 0.120. The molecule has 1 aliphatic heterocycles. The summed E-state index contributed by atoms with van der Waals surface area (Å²) in [4.78, 5) is 2.43. The van der Waals surface area contributed by atoms with Gasteiger partial charge < -0.3 is 9.84 Å². The van der Waals surface area contributed by atoms with Crippen molar-refractivity contribution in [3.8, 4) is 0 Å². The van der Waals surface area contributed by atoms with Gasteiger partial charge in [-0.25, -0.2) is 0 Å². The lowest BCUT2D eigenvalue weighted by Crippen LogP contribution is -2.54. The average Bonchev–Trinajstić information content (AvgIpc) is 2.09. The first-order chi connectivity index (χ1) is 6.70. The minimum atomic E-state index is -0.120. The van der Waals surface area contributed by atoms with Crippen molar-refractivity contribution in [1.82, 2.24) is 4.90 Å². The molecule has 2 aliphatic rings. The minimum Gasteiger partial charge on any atom is -0.392 e. The third kappa shape index (κ3) is 1.95. The van der Waals surface area contributed by atoms with E-state index in [9.17, 15) is 5.11 Å². The molecule has 0 aromatic heterocycles. The van der Waals surface area contributed by atoms with Crippen LogP contribution in [-0.2, 0) is 4.74 Å². The zero-order valence-corrected chi connectivity index (χ0v) is 9.15. The maximum absolute atomic E-state index is 9.77. The number of piperidine rings is 1. The molecule has 14 heavy (non-hydrogen) atoms. The molecular formula is C11H21NO2. The van der Waals surface area contributed by atoms with Crippen molar-refractivity contribution in [2.75, 3.05) is 20.2 Å². The van der Waals surface area contributed by atoms with Crippen molar-refractivity contribution in [2.24, 2.45) is 5.92 Å². The molecule has 3 heteroatoms. The highest BCUT2D eigenvalue weighted by Gasteiger charge is 2.36. The molecule has 0 aromatic rings. The Morgan fingerprint density at radius 3 is 2.64 bits per heavy atom. The smallest absolute Gasteiger partial charge is 0.0693 e. The third-order valence-electron chi connectivity index (χ3n) is 3.87. The van der Waals surface area contributed by atoms with Crippen LogP contribution in [0.15, 0.2) is 0 Å². The molecule has 0 bridgehead atoms. The van der Waals surface area contributed by atoms with Crippen molar-refractivity contribution in [3.63, 3.8) is 0 Å². The lowest BCUT2D eigenvalue weighted by Gasteiger charge is -2.46. The number of aliphatic hydroxyl groups is 1. The quantitative estimate of drug-likeness (QED) is 0.716. The van der Waals surface area contributed by atoms with E-state index in [1.54, 1.807) is 7.11 Å². The van der Waals surface area contributed by atoms with Gasteiger partial charge in [0, 0.05) is 19.7 Å². The first-order valence-electron chi connectivity index (χ1n) is 5.65. The number of ether oxygens (including phenoxy) is 1. The van der Waals surface area contributed by atoms with Gasteiger partial charge in [0.25, 0.3) is 0 Å². The highest BCUT2D eigenvalue weighted by Crippen LogP contribution is 2.30. The van der Waals surface area contributed by atoms with Crippen molar-refractivity contribution in [1.29, 1.82) is 0 Å². The molecule has 0 aromatic carbocycles. The normalized spacial score (nSPS) is 44.8. The van der Waals surface area contributed by atoms with Gasteiger partial charge in [0.2, 0.25) is 0 Å². The van der Waals surface area contributed by atoms with E-state index in [2.05, 4.69) is 11.8 Å². The Balaban J connectivity index is 1.78. The van der Waals surface area contributed by atoms with Crippen LogP contribution in [0.2, 0.25) is 0 Å². The number of hydrogen-bond donors (Lipinski definition) is 1. The number of aliphatic hydroxyl groups excluding tert-OH is 1. The molecular weight excluding hydrogens is 178 g/mol. The van der Waals surface area contributed by atoms with Crippen LogP contribution >= 0.6 is 0 Å². The van der Waals surface area contributed by atoms with E-state index in [-0.39, 0.29) is 6.10 Å². The van der Waals surface area contributed by atoms with Crippen LogP contribution in [0.5, 0.6) is 0 Å². The molecule has 1 saturated heterocycles. The Labute approximate surface area is 86.0 Å². The van der Waals surface area contributed by atoms with Gasteiger partial charge in [0.05, 0.1) is 12.2 Å². The fraction of sp³-hybridized carbons (Fsp3) is 1.00. The van der Waals surface area contributed by atoms with Gasteiger partial charge in [-0.2, -0.15) is 0 Å². The van der Waals surface area contributed by atoms with Gasteiger partial charge in [-0.3, -0.25) is 4.90 Å². The van der Waals surface area contributed by atoms with Crippen LogP contribution in [0.25, 0.3) is 0 Å². The first kappa shape index (κ1) is 10.4. The molecule has 1 aliphatic carbocycles. The number of β-amino-alcohol motifs (C(OH)–C–C–N with tert-alkyl or cyclic N) is 1.